The van der Waals surface area contributed by atoms with Crippen LogP contribution in [0.2, 0.25) is 0 Å². The lowest BCUT2D eigenvalue weighted by molar-refractivity contribution is -0.120. The number of amides is 2. The molecule has 2 aromatic heterocycles. The van der Waals surface area contributed by atoms with Crippen LogP contribution >= 0.6 is 22.7 Å². The number of carbonyl (C=O) groups excluding carboxylic acids is 2. The van der Waals surface area contributed by atoms with E-state index in [0.717, 1.165) is 9.88 Å². The monoisotopic (exact) mass is 343 g/mol. The molecular formula is C16H13N3O2S2. The lowest BCUT2D eigenvalue weighted by Gasteiger charge is -2.14. The van der Waals surface area contributed by atoms with Crippen LogP contribution in [0.15, 0.2) is 53.2 Å². The van der Waals surface area contributed by atoms with Gasteiger partial charge in [-0.05, 0) is 17.0 Å². The summed E-state index contributed by atoms with van der Waals surface area (Å²) < 4.78 is 0. The highest BCUT2D eigenvalue weighted by atomic mass is 32.1. The van der Waals surface area contributed by atoms with Gasteiger partial charge in [0, 0.05) is 5.38 Å². The number of benzene rings is 1. The predicted molar refractivity (Wildman–Crippen MR) is 91.3 cm³/mol. The van der Waals surface area contributed by atoms with Crippen molar-refractivity contribution in [2.24, 2.45) is 5.73 Å². The second-order valence-electron chi connectivity index (χ2n) is 4.73. The molecule has 3 rings (SSSR count). The number of thiophene rings is 1. The smallest absolute Gasteiger partial charge is 0.271 e. The summed E-state index contributed by atoms with van der Waals surface area (Å²) in [5.41, 5.74) is 6.33. The largest absolute Gasteiger partial charge is 0.368 e. The van der Waals surface area contributed by atoms with Crippen molar-refractivity contribution in [3.63, 3.8) is 0 Å². The molecule has 0 radical (unpaired) electrons. The molecule has 7 heteroatoms. The van der Waals surface area contributed by atoms with Crippen molar-refractivity contribution in [1.82, 2.24) is 10.3 Å². The molecule has 3 N–H and O–H groups in total. The minimum absolute atomic E-state index is 0.278. The molecule has 0 aliphatic carbocycles. The van der Waals surface area contributed by atoms with Gasteiger partial charge < -0.3 is 11.1 Å². The first-order valence-electron chi connectivity index (χ1n) is 6.79. The second-order valence-corrected chi connectivity index (χ2v) is 6.54. The van der Waals surface area contributed by atoms with Crippen molar-refractivity contribution in [1.29, 1.82) is 0 Å². The fourth-order valence-corrected chi connectivity index (χ4v) is 3.67. The summed E-state index contributed by atoms with van der Waals surface area (Å²) >= 11 is 2.95. The molecule has 2 heterocycles. The first kappa shape index (κ1) is 15.4. The third kappa shape index (κ3) is 3.46. The van der Waals surface area contributed by atoms with Crippen LogP contribution in [0.3, 0.4) is 0 Å². The van der Waals surface area contributed by atoms with E-state index in [9.17, 15) is 9.59 Å². The number of thiazole rings is 1. The molecular weight excluding hydrogens is 330 g/mol. The standard InChI is InChI=1S/C16H13N3O2S2/c17-14(20)13(10-5-2-1-3-6-10)19-15(21)11-9-23-16(18-11)12-7-4-8-22-12/h1-9,13H,(H2,17,20)(H,19,21). The molecule has 5 nitrogen and oxygen atoms in total. The molecule has 1 aromatic carbocycles. The van der Waals surface area contributed by atoms with E-state index in [1.165, 1.54) is 11.3 Å². The zero-order chi connectivity index (χ0) is 16.2. The third-order valence-electron chi connectivity index (χ3n) is 3.16. The number of nitrogens with one attached hydrogen (secondary N) is 1. The van der Waals surface area contributed by atoms with E-state index in [2.05, 4.69) is 10.3 Å². The van der Waals surface area contributed by atoms with Crippen molar-refractivity contribution in [2.75, 3.05) is 0 Å². The second kappa shape index (κ2) is 6.72. The highest BCUT2D eigenvalue weighted by Gasteiger charge is 2.22. The van der Waals surface area contributed by atoms with Crippen molar-refractivity contribution in [3.05, 3.63) is 64.5 Å². The van der Waals surface area contributed by atoms with E-state index >= 15 is 0 Å². The number of nitrogens with zero attached hydrogens (tertiary/aromatic N) is 1. The van der Waals surface area contributed by atoms with Crippen LogP contribution in [0.25, 0.3) is 9.88 Å². The van der Waals surface area contributed by atoms with Crippen LogP contribution in [-0.4, -0.2) is 16.8 Å². The van der Waals surface area contributed by atoms with Gasteiger partial charge in [-0.1, -0.05) is 36.4 Å². The van der Waals surface area contributed by atoms with Gasteiger partial charge in [-0.25, -0.2) is 4.98 Å². The van der Waals surface area contributed by atoms with Crippen LogP contribution in [-0.2, 0) is 4.79 Å². The molecule has 0 fully saturated rings. The maximum absolute atomic E-state index is 12.3. The lowest BCUT2D eigenvalue weighted by atomic mass is 10.1. The van der Waals surface area contributed by atoms with Crippen molar-refractivity contribution >= 4 is 34.5 Å². The van der Waals surface area contributed by atoms with Gasteiger partial charge in [-0.2, -0.15) is 0 Å². The number of rotatable bonds is 5. The predicted octanol–water partition coefficient (Wildman–Crippen LogP) is 2.83. The van der Waals surface area contributed by atoms with Crippen LogP contribution in [0.4, 0.5) is 0 Å². The number of hydrogen-bond donors (Lipinski definition) is 2. The van der Waals surface area contributed by atoms with Gasteiger partial charge >= 0.3 is 0 Å². The van der Waals surface area contributed by atoms with E-state index in [0.29, 0.717) is 5.56 Å². The van der Waals surface area contributed by atoms with E-state index in [1.807, 2.05) is 23.6 Å². The summed E-state index contributed by atoms with van der Waals surface area (Å²) in [5.74, 6) is -1.03. The van der Waals surface area contributed by atoms with Gasteiger partial charge in [0.1, 0.15) is 16.7 Å². The van der Waals surface area contributed by atoms with Crippen molar-refractivity contribution in [3.8, 4) is 9.88 Å². The molecule has 0 aliphatic heterocycles. The number of carbonyl (C=O) groups is 2. The highest BCUT2D eigenvalue weighted by Crippen LogP contribution is 2.28. The quantitative estimate of drug-likeness (QED) is 0.747. The third-order valence-corrected chi connectivity index (χ3v) is 5.04. The Balaban J connectivity index is 1.79. The maximum atomic E-state index is 12.3. The topological polar surface area (TPSA) is 85.1 Å². The summed E-state index contributed by atoms with van der Waals surface area (Å²) in [6, 6.07) is 11.9. The molecule has 0 bridgehead atoms. The Morgan fingerprint density at radius 2 is 1.87 bits per heavy atom. The summed E-state index contributed by atoms with van der Waals surface area (Å²) in [4.78, 5) is 29.3. The van der Waals surface area contributed by atoms with Crippen LogP contribution < -0.4 is 11.1 Å². The fraction of sp³-hybridized carbons (Fsp3) is 0.0625. The average molecular weight is 343 g/mol. The summed E-state index contributed by atoms with van der Waals surface area (Å²) in [6.45, 7) is 0. The van der Waals surface area contributed by atoms with Crippen LogP contribution in [0.1, 0.15) is 22.1 Å². The zero-order valence-electron chi connectivity index (χ0n) is 11.9. The number of nitrogens with two attached hydrogens (primary N) is 1. The first-order valence-corrected chi connectivity index (χ1v) is 8.55. The maximum Gasteiger partial charge on any atom is 0.271 e. The van der Waals surface area contributed by atoms with Crippen LogP contribution in [0, 0.1) is 0 Å². The molecule has 23 heavy (non-hydrogen) atoms. The normalized spacial score (nSPS) is 11.8. The van der Waals surface area contributed by atoms with Crippen molar-refractivity contribution < 1.29 is 9.59 Å². The number of primary amides is 1. The Morgan fingerprint density at radius 3 is 2.52 bits per heavy atom. The van der Waals surface area contributed by atoms with Gasteiger partial charge in [0.2, 0.25) is 5.91 Å². The minimum Gasteiger partial charge on any atom is -0.368 e. The van der Waals surface area contributed by atoms with Gasteiger partial charge in [0.05, 0.1) is 4.88 Å². The number of aromatic nitrogens is 1. The van der Waals surface area contributed by atoms with E-state index in [4.69, 9.17) is 5.73 Å². The van der Waals surface area contributed by atoms with Gasteiger partial charge in [0.25, 0.3) is 5.91 Å². The molecule has 0 spiro atoms. The molecule has 3 aromatic rings. The summed E-state index contributed by atoms with van der Waals surface area (Å²) in [6.07, 6.45) is 0. The molecule has 1 atom stereocenters. The molecule has 116 valence electrons. The van der Waals surface area contributed by atoms with Gasteiger partial charge in [-0.3, -0.25) is 9.59 Å². The van der Waals surface area contributed by atoms with Gasteiger partial charge in [0.15, 0.2) is 0 Å². The van der Waals surface area contributed by atoms with Crippen LogP contribution in [0.5, 0.6) is 0 Å². The van der Waals surface area contributed by atoms with E-state index in [1.54, 1.807) is 41.0 Å². The fourth-order valence-electron chi connectivity index (χ4n) is 2.06. The van der Waals surface area contributed by atoms with Crippen molar-refractivity contribution in [2.45, 2.75) is 6.04 Å². The minimum atomic E-state index is -0.879. The molecule has 0 saturated carbocycles. The Morgan fingerprint density at radius 1 is 1.09 bits per heavy atom. The Hall–Kier alpha value is -2.51. The Labute approximate surface area is 140 Å². The molecule has 1 unspecified atom stereocenters. The van der Waals surface area contributed by atoms with E-state index < -0.39 is 17.9 Å². The molecule has 0 saturated heterocycles. The summed E-state index contributed by atoms with van der Waals surface area (Å²) in [5, 5.41) is 7.05. The number of hydrogen-bond acceptors (Lipinski definition) is 5. The SMILES string of the molecule is NC(=O)C(NC(=O)c1csc(-c2cccs2)n1)c1ccccc1. The Bertz CT molecular complexity index is 813. The highest BCUT2D eigenvalue weighted by molar-refractivity contribution is 7.20. The summed E-state index contributed by atoms with van der Waals surface area (Å²) in [7, 11) is 0. The zero-order valence-corrected chi connectivity index (χ0v) is 13.6. The van der Waals surface area contributed by atoms with E-state index in [-0.39, 0.29) is 5.69 Å². The first-order chi connectivity index (χ1) is 11.1. The lowest BCUT2D eigenvalue weighted by Crippen LogP contribution is -2.37. The van der Waals surface area contributed by atoms with Gasteiger partial charge in [-0.15, -0.1) is 22.7 Å². The average Bonchev–Trinajstić information content (AvgIpc) is 3.23. The molecule has 0 aliphatic rings. The Kier molecular flexibility index (Phi) is 4.50. The molecule has 2 amide bonds.